The Hall–Kier alpha value is -3.55. The van der Waals surface area contributed by atoms with Crippen molar-refractivity contribution in [2.75, 3.05) is 18.5 Å². The van der Waals surface area contributed by atoms with E-state index in [0.29, 0.717) is 21.9 Å². The number of para-hydroxylation sites is 1. The lowest BCUT2D eigenvalue weighted by Crippen LogP contribution is -2.16. The first kappa shape index (κ1) is 21.7. The first-order valence-electron chi connectivity index (χ1n) is 8.78. The Morgan fingerprint density at radius 2 is 2.03 bits per heavy atom. The fourth-order valence-corrected chi connectivity index (χ4v) is 3.53. The van der Waals surface area contributed by atoms with Crippen LogP contribution in [0, 0.1) is 37.5 Å². The van der Waals surface area contributed by atoms with Gasteiger partial charge in [-0.1, -0.05) is 24.1 Å². The molecular weight excluding hydrogens is 388 g/mol. The lowest BCUT2D eigenvalue weighted by atomic mass is 10.1. The van der Waals surface area contributed by atoms with Crippen molar-refractivity contribution in [3.05, 3.63) is 51.4 Å². The number of aryl methyl sites for hydroxylation is 1. The monoisotopic (exact) mass is 408 g/mol. The molecule has 0 atom stereocenters. The van der Waals surface area contributed by atoms with Gasteiger partial charge in [-0.2, -0.15) is 5.26 Å². The van der Waals surface area contributed by atoms with Crippen LogP contribution in [0.15, 0.2) is 29.8 Å². The van der Waals surface area contributed by atoms with Gasteiger partial charge in [0.05, 0.1) is 12.2 Å². The molecule has 1 amide bonds. The van der Waals surface area contributed by atoms with Crippen LogP contribution in [-0.2, 0) is 9.53 Å². The number of carbonyl (C=O) groups excluding carboxylic acids is 2. The molecule has 0 aliphatic rings. The van der Waals surface area contributed by atoms with Gasteiger partial charge in [-0.3, -0.25) is 4.79 Å². The molecule has 2 rings (SSSR count). The number of hydrogen-bond acceptors (Lipinski definition) is 6. The molecule has 0 saturated carbocycles. The third-order valence-corrected chi connectivity index (χ3v) is 5.11. The number of amides is 1. The van der Waals surface area contributed by atoms with E-state index in [4.69, 9.17) is 15.9 Å². The SMILES string of the molecule is C#CCOc1ccccc1C=C(C#N)C(=O)Nc1sc(C)c(C)c1C(=O)OCC. The second kappa shape index (κ2) is 10.1. The molecule has 29 heavy (non-hydrogen) atoms. The van der Waals surface area contributed by atoms with Gasteiger partial charge in [0.15, 0.2) is 0 Å². The summed E-state index contributed by atoms with van der Waals surface area (Å²) >= 11 is 1.26. The number of hydrogen-bond donors (Lipinski definition) is 1. The molecule has 7 heteroatoms. The van der Waals surface area contributed by atoms with Gasteiger partial charge < -0.3 is 14.8 Å². The maximum atomic E-state index is 12.7. The van der Waals surface area contributed by atoms with Crippen LogP contribution < -0.4 is 10.1 Å². The van der Waals surface area contributed by atoms with E-state index < -0.39 is 11.9 Å². The smallest absolute Gasteiger partial charge is 0.341 e. The van der Waals surface area contributed by atoms with Crippen LogP contribution >= 0.6 is 11.3 Å². The van der Waals surface area contributed by atoms with Gasteiger partial charge in [0.1, 0.15) is 29.0 Å². The summed E-state index contributed by atoms with van der Waals surface area (Å²) < 4.78 is 10.5. The van der Waals surface area contributed by atoms with Gasteiger partial charge in [0.2, 0.25) is 0 Å². The zero-order valence-corrected chi connectivity index (χ0v) is 17.2. The van der Waals surface area contributed by atoms with Gasteiger partial charge in [-0.25, -0.2) is 4.79 Å². The predicted molar refractivity (Wildman–Crippen MR) is 113 cm³/mol. The molecule has 0 radical (unpaired) electrons. The van der Waals surface area contributed by atoms with Crippen molar-refractivity contribution in [1.82, 2.24) is 0 Å². The highest BCUT2D eigenvalue weighted by Crippen LogP contribution is 2.33. The van der Waals surface area contributed by atoms with Crippen LogP contribution in [0.3, 0.4) is 0 Å². The maximum absolute atomic E-state index is 12.7. The molecule has 1 aromatic heterocycles. The number of carbonyl (C=O) groups is 2. The van der Waals surface area contributed by atoms with Gasteiger partial charge >= 0.3 is 5.97 Å². The van der Waals surface area contributed by atoms with Crippen LogP contribution in [0.5, 0.6) is 5.75 Å². The Morgan fingerprint density at radius 1 is 1.31 bits per heavy atom. The number of benzene rings is 1. The third-order valence-electron chi connectivity index (χ3n) is 3.99. The third kappa shape index (κ3) is 5.25. The first-order valence-corrected chi connectivity index (χ1v) is 9.60. The van der Waals surface area contributed by atoms with Gasteiger partial charge in [-0.15, -0.1) is 17.8 Å². The number of thiophene rings is 1. The topological polar surface area (TPSA) is 88.4 Å². The summed E-state index contributed by atoms with van der Waals surface area (Å²) in [6.07, 6.45) is 6.63. The van der Waals surface area contributed by atoms with E-state index >= 15 is 0 Å². The van der Waals surface area contributed by atoms with Crippen molar-refractivity contribution in [2.45, 2.75) is 20.8 Å². The largest absolute Gasteiger partial charge is 0.480 e. The second-order valence-corrected chi connectivity index (χ2v) is 7.09. The van der Waals surface area contributed by atoms with Crippen molar-refractivity contribution < 1.29 is 19.1 Å². The van der Waals surface area contributed by atoms with Gasteiger partial charge in [0, 0.05) is 10.4 Å². The first-order chi connectivity index (χ1) is 13.9. The highest BCUT2D eigenvalue weighted by atomic mass is 32.1. The summed E-state index contributed by atoms with van der Waals surface area (Å²) in [6, 6.07) is 8.81. The average Bonchev–Trinajstić information content (AvgIpc) is 2.98. The van der Waals surface area contributed by atoms with Crippen LogP contribution in [0.25, 0.3) is 6.08 Å². The van der Waals surface area contributed by atoms with Crippen molar-refractivity contribution >= 4 is 34.3 Å². The molecule has 0 saturated heterocycles. The Labute approximate surface area is 173 Å². The molecule has 0 aliphatic carbocycles. The minimum absolute atomic E-state index is 0.0651. The lowest BCUT2D eigenvalue weighted by Gasteiger charge is -2.08. The number of anilines is 1. The molecule has 1 N–H and O–H groups in total. The van der Waals surface area contributed by atoms with E-state index in [9.17, 15) is 14.9 Å². The highest BCUT2D eigenvalue weighted by molar-refractivity contribution is 7.16. The summed E-state index contributed by atoms with van der Waals surface area (Å²) in [5.74, 6) is 1.68. The van der Waals surface area contributed by atoms with E-state index in [1.165, 1.54) is 17.4 Å². The number of nitrogens with zero attached hydrogens (tertiary/aromatic N) is 1. The number of nitriles is 1. The van der Waals surface area contributed by atoms with E-state index in [2.05, 4.69) is 11.2 Å². The van der Waals surface area contributed by atoms with Gasteiger partial charge in [0.25, 0.3) is 5.91 Å². The highest BCUT2D eigenvalue weighted by Gasteiger charge is 2.23. The van der Waals surface area contributed by atoms with Crippen molar-refractivity contribution in [2.24, 2.45) is 0 Å². The molecule has 0 bridgehead atoms. The van der Waals surface area contributed by atoms with E-state index in [-0.39, 0.29) is 18.8 Å². The Kier molecular flexibility index (Phi) is 7.59. The summed E-state index contributed by atoms with van der Waals surface area (Å²) in [5, 5.41) is 12.5. The van der Waals surface area contributed by atoms with Crippen LogP contribution in [-0.4, -0.2) is 25.1 Å². The Balaban J connectivity index is 2.35. The molecule has 2 aromatic rings. The van der Waals surface area contributed by atoms with Gasteiger partial charge in [-0.05, 0) is 38.5 Å². The second-order valence-electron chi connectivity index (χ2n) is 5.86. The zero-order valence-electron chi connectivity index (χ0n) is 16.4. The van der Waals surface area contributed by atoms with Crippen LogP contribution in [0.1, 0.15) is 33.3 Å². The molecule has 1 heterocycles. The summed E-state index contributed by atoms with van der Waals surface area (Å²) in [5.41, 5.74) is 1.44. The summed E-state index contributed by atoms with van der Waals surface area (Å²) in [7, 11) is 0. The molecule has 148 valence electrons. The summed E-state index contributed by atoms with van der Waals surface area (Å²) in [4.78, 5) is 25.9. The lowest BCUT2D eigenvalue weighted by molar-refractivity contribution is -0.112. The van der Waals surface area contributed by atoms with Crippen LogP contribution in [0.4, 0.5) is 5.00 Å². The van der Waals surface area contributed by atoms with Crippen LogP contribution in [0.2, 0.25) is 0 Å². The standard InChI is InChI=1S/C22H20N2O4S/c1-5-11-28-18-10-8-7-9-16(18)12-17(13-23)20(25)24-21-19(22(26)27-6-2)14(3)15(4)29-21/h1,7-10,12H,6,11H2,2-4H3,(H,24,25). The molecule has 0 unspecified atom stereocenters. The molecular formula is C22H20N2O4S. The number of nitrogens with one attached hydrogen (secondary N) is 1. The Morgan fingerprint density at radius 3 is 2.69 bits per heavy atom. The normalized spacial score (nSPS) is 10.6. The van der Waals surface area contributed by atoms with E-state index in [1.807, 2.05) is 13.0 Å². The van der Waals surface area contributed by atoms with Crippen molar-refractivity contribution in [3.63, 3.8) is 0 Å². The number of terminal acetylenes is 1. The predicted octanol–water partition coefficient (Wildman–Crippen LogP) is 4.10. The molecule has 0 spiro atoms. The number of esters is 1. The van der Waals surface area contributed by atoms with Crippen molar-refractivity contribution in [3.8, 4) is 24.2 Å². The molecule has 0 fully saturated rings. The molecule has 0 aliphatic heterocycles. The Bertz CT molecular complexity index is 1040. The van der Waals surface area contributed by atoms with Crippen molar-refractivity contribution in [1.29, 1.82) is 5.26 Å². The molecule has 1 aromatic carbocycles. The fraction of sp³-hybridized carbons (Fsp3) is 0.227. The van der Waals surface area contributed by atoms with E-state index in [1.54, 1.807) is 38.1 Å². The van der Waals surface area contributed by atoms with E-state index in [0.717, 1.165) is 10.4 Å². The maximum Gasteiger partial charge on any atom is 0.341 e. The number of rotatable bonds is 7. The number of ether oxygens (including phenoxy) is 2. The summed E-state index contributed by atoms with van der Waals surface area (Å²) in [6.45, 7) is 5.63. The fourth-order valence-electron chi connectivity index (χ4n) is 2.49. The molecule has 6 nitrogen and oxygen atoms in total. The average molecular weight is 408 g/mol. The minimum Gasteiger partial charge on any atom is -0.480 e. The zero-order chi connectivity index (χ0) is 21.4. The quantitative estimate of drug-likeness (QED) is 0.322. The minimum atomic E-state index is -0.633.